The smallest absolute Gasteiger partial charge is 0.126 e. The Labute approximate surface area is 114 Å². The highest BCUT2D eigenvalue weighted by Crippen LogP contribution is 2.46. The molecule has 0 spiro atoms. The molecule has 2 heteroatoms. The van der Waals surface area contributed by atoms with Crippen LogP contribution in [0.1, 0.15) is 26.2 Å². The van der Waals surface area contributed by atoms with E-state index in [0.29, 0.717) is 5.92 Å². The van der Waals surface area contributed by atoms with Crippen molar-refractivity contribution in [2.45, 2.75) is 26.2 Å². The minimum atomic E-state index is 0.412. The summed E-state index contributed by atoms with van der Waals surface area (Å²) in [4.78, 5) is 4.34. The fraction of sp³-hybridized carbons (Fsp3) is 0.353. The Kier molecular flexibility index (Phi) is 3.02. The van der Waals surface area contributed by atoms with Crippen LogP contribution >= 0.6 is 0 Å². The van der Waals surface area contributed by atoms with Crippen LogP contribution in [0.4, 0.5) is 0 Å². The highest BCUT2D eigenvalue weighted by molar-refractivity contribution is 6.09. The molecule has 2 aliphatic carbocycles. The standard InChI is InChI=1S/C17H19NO/c1-4-15(18-3)13-10-14-12-7-5-6-8-16(12)19-17(14)9-11(13)2/h4,6,8-9,14H,1,5,7,10H2,2-3H3. The van der Waals surface area contributed by atoms with Crippen molar-refractivity contribution in [1.29, 1.82) is 0 Å². The summed E-state index contributed by atoms with van der Waals surface area (Å²) in [5, 5.41) is 0. The first-order valence-electron chi connectivity index (χ1n) is 6.83. The van der Waals surface area contributed by atoms with E-state index in [1.807, 2.05) is 13.1 Å². The van der Waals surface area contributed by atoms with Crippen LogP contribution in [0.2, 0.25) is 0 Å². The average Bonchev–Trinajstić information content (AvgIpc) is 2.78. The van der Waals surface area contributed by atoms with Gasteiger partial charge in [0.1, 0.15) is 11.5 Å². The summed E-state index contributed by atoms with van der Waals surface area (Å²) in [5.41, 5.74) is 5.01. The van der Waals surface area contributed by atoms with E-state index in [4.69, 9.17) is 4.74 Å². The van der Waals surface area contributed by atoms with Gasteiger partial charge in [-0.05, 0) is 61.1 Å². The van der Waals surface area contributed by atoms with E-state index >= 15 is 0 Å². The lowest BCUT2D eigenvalue weighted by Gasteiger charge is -2.23. The van der Waals surface area contributed by atoms with Crippen LogP contribution in [0.15, 0.2) is 64.1 Å². The zero-order chi connectivity index (χ0) is 13.4. The monoisotopic (exact) mass is 253 g/mol. The summed E-state index contributed by atoms with van der Waals surface area (Å²) in [5.74, 6) is 2.60. The molecule has 2 nitrogen and oxygen atoms in total. The number of nitrogens with zero attached hydrogens (tertiary/aromatic N) is 1. The van der Waals surface area contributed by atoms with Gasteiger partial charge in [0.2, 0.25) is 0 Å². The predicted molar refractivity (Wildman–Crippen MR) is 78.9 cm³/mol. The first-order valence-corrected chi connectivity index (χ1v) is 6.83. The zero-order valence-corrected chi connectivity index (χ0v) is 11.6. The van der Waals surface area contributed by atoms with Crippen molar-refractivity contribution in [1.82, 2.24) is 0 Å². The molecule has 3 rings (SSSR count). The second-order valence-corrected chi connectivity index (χ2v) is 5.21. The van der Waals surface area contributed by atoms with Crippen LogP contribution < -0.4 is 0 Å². The molecule has 1 atom stereocenters. The minimum Gasteiger partial charge on any atom is -0.461 e. The van der Waals surface area contributed by atoms with E-state index in [9.17, 15) is 0 Å². The van der Waals surface area contributed by atoms with Gasteiger partial charge >= 0.3 is 0 Å². The molecule has 3 aliphatic rings. The van der Waals surface area contributed by atoms with Crippen LogP contribution in [0.25, 0.3) is 0 Å². The van der Waals surface area contributed by atoms with Crippen molar-refractivity contribution < 1.29 is 4.74 Å². The van der Waals surface area contributed by atoms with Gasteiger partial charge in [-0.1, -0.05) is 12.7 Å². The normalized spacial score (nSPS) is 25.9. The van der Waals surface area contributed by atoms with Crippen LogP contribution in [0, 0.1) is 5.92 Å². The predicted octanol–water partition coefficient (Wildman–Crippen LogP) is 4.10. The highest BCUT2D eigenvalue weighted by Gasteiger charge is 2.35. The fourth-order valence-corrected chi connectivity index (χ4v) is 3.15. The van der Waals surface area contributed by atoms with Crippen molar-refractivity contribution in [2.75, 3.05) is 7.05 Å². The number of hydrogen-bond acceptors (Lipinski definition) is 2. The third kappa shape index (κ3) is 1.92. The Bertz CT molecular complexity index is 584. The highest BCUT2D eigenvalue weighted by atomic mass is 16.5. The van der Waals surface area contributed by atoms with Crippen molar-refractivity contribution in [2.24, 2.45) is 10.9 Å². The fourth-order valence-electron chi connectivity index (χ4n) is 3.15. The molecule has 1 heterocycles. The second kappa shape index (κ2) is 4.69. The van der Waals surface area contributed by atoms with Gasteiger partial charge in [-0.25, -0.2) is 0 Å². The number of aliphatic imine (C=N–C) groups is 1. The van der Waals surface area contributed by atoms with Crippen molar-refractivity contribution in [3.8, 4) is 0 Å². The van der Waals surface area contributed by atoms with Gasteiger partial charge in [0.05, 0.1) is 5.71 Å². The molecule has 0 aromatic carbocycles. The van der Waals surface area contributed by atoms with Gasteiger partial charge in [-0.3, -0.25) is 4.99 Å². The lowest BCUT2D eigenvalue weighted by molar-refractivity contribution is 0.314. The Balaban J connectivity index is 1.98. The van der Waals surface area contributed by atoms with Gasteiger partial charge in [0.15, 0.2) is 0 Å². The zero-order valence-electron chi connectivity index (χ0n) is 11.6. The maximum absolute atomic E-state index is 5.99. The lowest BCUT2D eigenvalue weighted by atomic mass is 9.80. The molecule has 0 N–H and O–H groups in total. The topological polar surface area (TPSA) is 21.6 Å². The van der Waals surface area contributed by atoms with E-state index in [1.54, 1.807) is 0 Å². The summed E-state index contributed by atoms with van der Waals surface area (Å²) in [6.07, 6.45) is 11.6. The van der Waals surface area contributed by atoms with Gasteiger partial charge in [0, 0.05) is 13.0 Å². The van der Waals surface area contributed by atoms with E-state index in [2.05, 4.69) is 36.7 Å². The molecule has 0 bridgehead atoms. The Morgan fingerprint density at radius 2 is 2.37 bits per heavy atom. The first kappa shape index (κ1) is 12.2. The molecule has 1 unspecified atom stereocenters. The van der Waals surface area contributed by atoms with E-state index < -0.39 is 0 Å². The molecule has 0 radical (unpaired) electrons. The molecule has 0 fully saturated rings. The molecule has 0 saturated heterocycles. The van der Waals surface area contributed by atoms with E-state index in [-0.39, 0.29) is 0 Å². The molecule has 0 aromatic rings. The third-order valence-corrected chi connectivity index (χ3v) is 4.14. The average molecular weight is 253 g/mol. The Hall–Kier alpha value is -1.83. The maximum atomic E-state index is 5.99. The molecule has 19 heavy (non-hydrogen) atoms. The number of ether oxygens (including phenoxy) is 1. The SMILES string of the molecule is C=CC(=NC)C1=C(C)C=C2OC3=C(CCC=C3)C2C1. The van der Waals surface area contributed by atoms with Crippen molar-refractivity contribution in [3.05, 3.63) is 59.1 Å². The summed E-state index contributed by atoms with van der Waals surface area (Å²) in [7, 11) is 1.83. The third-order valence-electron chi connectivity index (χ3n) is 4.14. The Morgan fingerprint density at radius 1 is 1.53 bits per heavy atom. The van der Waals surface area contributed by atoms with E-state index in [0.717, 1.165) is 36.5 Å². The molecule has 1 aliphatic heterocycles. The van der Waals surface area contributed by atoms with Crippen molar-refractivity contribution in [3.63, 3.8) is 0 Å². The molecule has 0 amide bonds. The summed E-state index contributed by atoms with van der Waals surface area (Å²) >= 11 is 0. The summed E-state index contributed by atoms with van der Waals surface area (Å²) in [6, 6.07) is 0. The molecular weight excluding hydrogens is 234 g/mol. The molecule has 0 saturated carbocycles. The van der Waals surface area contributed by atoms with Gasteiger partial charge in [-0.15, -0.1) is 0 Å². The quantitative estimate of drug-likeness (QED) is 0.679. The molecule has 98 valence electrons. The minimum absolute atomic E-state index is 0.412. The van der Waals surface area contributed by atoms with Crippen LogP contribution in [-0.2, 0) is 4.74 Å². The number of allylic oxidation sites excluding steroid dienone is 7. The van der Waals surface area contributed by atoms with Crippen molar-refractivity contribution >= 4 is 5.71 Å². The number of hydrogen-bond donors (Lipinski definition) is 0. The second-order valence-electron chi connectivity index (χ2n) is 5.21. The lowest BCUT2D eigenvalue weighted by Crippen LogP contribution is -2.15. The van der Waals surface area contributed by atoms with Crippen LogP contribution in [-0.4, -0.2) is 12.8 Å². The van der Waals surface area contributed by atoms with Crippen LogP contribution in [0.3, 0.4) is 0 Å². The van der Waals surface area contributed by atoms with Gasteiger partial charge < -0.3 is 4.74 Å². The van der Waals surface area contributed by atoms with E-state index in [1.165, 1.54) is 16.7 Å². The van der Waals surface area contributed by atoms with Gasteiger partial charge in [0.25, 0.3) is 0 Å². The molecular formula is C17H19NO. The van der Waals surface area contributed by atoms with Gasteiger partial charge in [-0.2, -0.15) is 0 Å². The number of fused-ring (bicyclic) bond motifs is 2. The largest absolute Gasteiger partial charge is 0.461 e. The molecule has 0 aromatic heterocycles. The first-order chi connectivity index (χ1) is 9.24. The maximum Gasteiger partial charge on any atom is 0.126 e. The Morgan fingerprint density at radius 3 is 3.11 bits per heavy atom. The number of rotatable bonds is 2. The van der Waals surface area contributed by atoms with Crippen LogP contribution in [0.5, 0.6) is 0 Å². The summed E-state index contributed by atoms with van der Waals surface area (Å²) < 4.78 is 5.99. The summed E-state index contributed by atoms with van der Waals surface area (Å²) in [6.45, 7) is 6.00.